The minimum absolute atomic E-state index is 0.590. The van der Waals surface area contributed by atoms with Gasteiger partial charge in [0.15, 0.2) is 0 Å². The molecule has 0 atom stereocenters. The van der Waals surface area contributed by atoms with Crippen LogP contribution < -0.4 is 5.32 Å². The predicted octanol–water partition coefficient (Wildman–Crippen LogP) is 4.42. The lowest BCUT2D eigenvalue weighted by Crippen LogP contribution is -2.37. The molecule has 0 radical (unpaired) electrons. The predicted molar refractivity (Wildman–Crippen MR) is 120 cm³/mol. The number of nitriles is 1. The summed E-state index contributed by atoms with van der Waals surface area (Å²) < 4.78 is 5.41. The Morgan fingerprint density at radius 1 is 0.967 bits per heavy atom. The van der Waals surface area contributed by atoms with E-state index in [0.29, 0.717) is 11.4 Å². The van der Waals surface area contributed by atoms with Crippen LogP contribution in [0.3, 0.4) is 0 Å². The average molecular weight is 399 g/mol. The molecule has 1 aliphatic rings. The molecular weight excluding hydrogens is 372 g/mol. The molecule has 4 rings (SSSR count). The number of aromatic nitrogens is 1. The maximum absolute atomic E-state index is 9.93. The summed E-state index contributed by atoms with van der Waals surface area (Å²) in [5.41, 5.74) is 4.42. The van der Waals surface area contributed by atoms with Crippen LogP contribution in [0, 0.1) is 11.3 Å². The van der Waals surface area contributed by atoms with Crippen molar-refractivity contribution in [1.29, 1.82) is 5.26 Å². The number of rotatable bonds is 7. The Kier molecular flexibility index (Phi) is 6.71. The molecule has 0 bridgehead atoms. The molecule has 0 aliphatic carbocycles. The number of anilines is 1. The molecule has 1 aliphatic heterocycles. The van der Waals surface area contributed by atoms with Crippen molar-refractivity contribution in [3.63, 3.8) is 0 Å². The van der Waals surface area contributed by atoms with E-state index in [0.717, 1.165) is 68.2 Å². The van der Waals surface area contributed by atoms with Crippen molar-refractivity contribution in [2.75, 3.05) is 44.7 Å². The third kappa shape index (κ3) is 4.85. The molecule has 1 saturated heterocycles. The normalized spacial score (nSPS) is 14.2. The number of benzene rings is 2. The van der Waals surface area contributed by atoms with Gasteiger partial charge in [0.05, 0.1) is 18.9 Å². The van der Waals surface area contributed by atoms with Gasteiger partial charge >= 0.3 is 0 Å². The smallest absolute Gasteiger partial charge is 0.145 e. The maximum atomic E-state index is 9.93. The third-order valence-electron chi connectivity index (χ3n) is 5.33. The maximum Gasteiger partial charge on any atom is 0.145 e. The quantitative estimate of drug-likeness (QED) is 0.597. The minimum Gasteiger partial charge on any atom is -0.379 e. The molecule has 3 aromatic rings. The standard InChI is InChI=1S/C25H26N4O/c26-19-23-22(20-8-3-1-4-9-20)18-24(21-10-5-2-6-11-21)28-25(23)27-12-7-13-29-14-16-30-17-15-29/h1-6,8-11,18H,7,12-17H2,(H,27,28). The highest BCUT2D eigenvalue weighted by Crippen LogP contribution is 2.32. The second-order valence-electron chi connectivity index (χ2n) is 7.36. The van der Waals surface area contributed by atoms with Gasteiger partial charge in [-0.25, -0.2) is 4.98 Å². The van der Waals surface area contributed by atoms with Crippen molar-refractivity contribution in [3.05, 3.63) is 72.3 Å². The number of nitrogens with zero attached hydrogens (tertiary/aromatic N) is 3. The summed E-state index contributed by atoms with van der Waals surface area (Å²) in [5.74, 6) is 0.652. The Bertz CT molecular complexity index is 993. The van der Waals surface area contributed by atoms with Gasteiger partial charge in [-0.15, -0.1) is 0 Å². The van der Waals surface area contributed by atoms with Gasteiger partial charge in [-0.1, -0.05) is 60.7 Å². The summed E-state index contributed by atoms with van der Waals surface area (Å²) in [6, 6.07) is 24.5. The zero-order valence-corrected chi connectivity index (χ0v) is 17.1. The lowest BCUT2D eigenvalue weighted by atomic mass is 9.98. The van der Waals surface area contributed by atoms with Crippen LogP contribution in [0.15, 0.2) is 66.7 Å². The highest BCUT2D eigenvalue weighted by molar-refractivity contribution is 5.80. The van der Waals surface area contributed by atoms with E-state index in [9.17, 15) is 5.26 Å². The molecule has 0 unspecified atom stereocenters. The summed E-state index contributed by atoms with van der Waals surface area (Å²) >= 11 is 0. The number of morpholine rings is 1. The second kappa shape index (κ2) is 10.0. The van der Waals surface area contributed by atoms with Gasteiger partial charge < -0.3 is 10.1 Å². The van der Waals surface area contributed by atoms with Gasteiger partial charge in [0.1, 0.15) is 17.5 Å². The number of hydrogen-bond acceptors (Lipinski definition) is 5. The molecule has 2 aromatic carbocycles. The number of nitrogens with one attached hydrogen (secondary N) is 1. The molecule has 152 valence electrons. The van der Waals surface area contributed by atoms with Crippen molar-refractivity contribution in [1.82, 2.24) is 9.88 Å². The van der Waals surface area contributed by atoms with E-state index in [1.165, 1.54) is 0 Å². The van der Waals surface area contributed by atoms with E-state index >= 15 is 0 Å². The van der Waals surface area contributed by atoms with E-state index in [1.54, 1.807) is 0 Å². The Morgan fingerprint density at radius 2 is 1.63 bits per heavy atom. The zero-order valence-electron chi connectivity index (χ0n) is 17.1. The van der Waals surface area contributed by atoms with Crippen LogP contribution in [-0.2, 0) is 4.74 Å². The van der Waals surface area contributed by atoms with Crippen molar-refractivity contribution in [2.45, 2.75) is 6.42 Å². The SMILES string of the molecule is N#Cc1c(-c2ccccc2)cc(-c2ccccc2)nc1NCCCN1CCOCC1. The topological polar surface area (TPSA) is 61.2 Å². The van der Waals surface area contributed by atoms with Crippen LogP contribution in [-0.4, -0.2) is 49.3 Å². The van der Waals surface area contributed by atoms with Gasteiger partial charge in [-0.2, -0.15) is 5.26 Å². The summed E-state index contributed by atoms with van der Waals surface area (Å²) in [6.07, 6.45) is 0.989. The van der Waals surface area contributed by atoms with E-state index in [1.807, 2.05) is 66.7 Å². The Balaban J connectivity index is 1.60. The first-order valence-electron chi connectivity index (χ1n) is 10.4. The summed E-state index contributed by atoms with van der Waals surface area (Å²) in [6.45, 7) is 5.39. The van der Waals surface area contributed by atoms with Crippen LogP contribution in [0.2, 0.25) is 0 Å². The first-order chi connectivity index (χ1) is 14.8. The molecule has 1 fully saturated rings. The van der Waals surface area contributed by atoms with E-state index in [4.69, 9.17) is 9.72 Å². The highest BCUT2D eigenvalue weighted by Gasteiger charge is 2.15. The lowest BCUT2D eigenvalue weighted by molar-refractivity contribution is 0.0378. The zero-order chi connectivity index (χ0) is 20.6. The first kappa shape index (κ1) is 20.1. The average Bonchev–Trinajstić information content (AvgIpc) is 2.83. The van der Waals surface area contributed by atoms with Crippen molar-refractivity contribution in [3.8, 4) is 28.5 Å². The van der Waals surface area contributed by atoms with Gasteiger partial charge in [0.2, 0.25) is 0 Å². The van der Waals surface area contributed by atoms with Crippen molar-refractivity contribution >= 4 is 5.82 Å². The van der Waals surface area contributed by atoms with E-state index in [-0.39, 0.29) is 0 Å². The van der Waals surface area contributed by atoms with Gasteiger partial charge in [0, 0.05) is 30.8 Å². The van der Waals surface area contributed by atoms with Crippen LogP contribution >= 0.6 is 0 Å². The molecule has 1 N–H and O–H groups in total. The summed E-state index contributed by atoms with van der Waals surface area (Å²) in [4.78, 5) is 7.23. The molecule has 0 amide bonds. The molecule has 1 aromatic heterocycles. The number of ether oxygens (including phenoxy) is 1. The largest absolute Gasteiger partial charge is 0.379 e. The van der Waals surface area contributed by atoms with Crippen LogP contribution in [0.5, 0.6) is 0 Å². The first-order valence-corrected chi connectivity index (χ1v) is 10.4. The van der Waals surface area contributed by atoms with Crippen molar-refractivity contribution < 1.29 is 4.74 Å². The fourth-order valence-corrected chi connectivity index (χ4v) is 3.72. The lowest BCUT2D eigenvalue weighted by Gasteiger charge is -2.26. The number of hydrogen-bond donors (Lipinski definition) is 1. The third-order valence-corrected chi connectivity index (χ3v) is 5.33. The molecule has 2 heterocycles. The minimum atomic E-state index is 0.590. The molecular formula is C25H26N4O. The fraction of sp³-hybridized carbons (Fsp3) is 0.280. The Labute approximate surface area is 177 Å². The van der Waals surface area contributed by atoms with Gasteiger partial charge in [-0.3, -0.25) is 4.90 Å². The molecule has 5 nitrogen and oxygen atoms in total. The Morgan fingerprint density at radius 3 is 2.30 bits per heavy atom. The van der Waals surface area contributed by atoms with Gasteiger partial charge in [-0.05, 0) is 24.6 Å². The van der Waals surface area contributed by atoms with E-state index in [2.05, 4.69) is 16.3 Å². The van der Waals surface area contributed by atoms with Crippen molar-refractivity contribution in [2.24, 2.45) is 0 Å². The summed E-state index contributed by atoms with van der Waals surface area (Å²) in [7, 11) is 0. The van der Waals surface area contributed by atoms with Crippen LogP contribution in [0.1, 0.15) is 12.0 Å². The highest BCUT2D eigenvalue weighted by atomic mass is 16.5. The monoisotopic (exact) mass is 398 g/mol. The molecule has 5 heteroatoms. The fourth-order valence-electron chi connectivity index (χ4n) is 3.72. The number of pyridine rings is 1. The second-order valence-corrected chi connectivity index (χ2v) is 7.36. The van der Waals surface area contributed by atoms with Crippen LogP contribution in [0.4, 0.5) is 5.82 Å². The summed E-state index contributed by atoms with van der Waals surface area (Å²) in [5, 5.41) is 13.4. The molecule has 30 heavy (non-hydrogen) atoms. The van der Waals surface area contributed by atoms with Crippen LogP contribution in [0.25, 0.3) is 22.4 Å². The Hall–Kier alpha value is -3.20. The molecule has 0 spiro atoms. The molecule has 0 saturated carbocycles. The van der Waals surface area contributed by atoms with Gasteiger partial charge in [0.25, 0.3) is 0 Å². The van der Waals surface area contributed by atoms with E-state index < -0.39 is 0 Å².